The molecule has 1 rings (SSSR count). The number of hydrogen-bond donors (Lipinski definition) is 2. The Morgan fingerprint density at radius 2 is 2.07 bits per heavy atom. The van der Waals surface area contributed by atoms with Crippen LogP contribution in [0.5, 0.6) is 0 Å². The van der Waals surface area contributed by atoms with Gasteiger partial charge in [-0.25, -0.2) is 0 Å². The van der Waals surface area contributed by atoms with E-state index in [1.54, 1.807) is 0 Å². The van der Waals surface area contributed by atoms with Gasteiger partial charge in [-0.05, 0) is 43.7 Å². The Labute approximate surface area is 88.1 Å². The summed E-state index contributed by atoms with van der Waals surface area (Å²) < 4.78 is 0. The van der Waals surface area contributed by atoms with Crippen LogP contribution >= 0.6 is 0 Å². The van der Waals surface area contributed by atoms with E-state index in [1.807, 2.05) is 0 Å². The van der Waals surface area contributed by atoms with Crippen LogP contribution in [0.25, 0.3) is 0 Å². The summed E-state index contributed by atoms with van der Waals surface area (Å²) >= 11 is 0. The quantitative estimate of drug-likeness (QED) is 0.686. The van der Waals surface area contributed by atoms with Gasteiger partial charge in [-0.3, -0.25) is 0 Å². The molecule has 0 spiro atoms. The van der Waals surface area contributed by atoms with Crippen LogP contribution in [-0.2, 0) is 0 Å². The van der Waals surface area contributed by atoms with Gasteiger partial charge >= 0.3 is 0 Å². The molecule has 3 atom stereocenters. The minimum atomic E-state index is 0.385. The van der Waals surface area contributed by atoms with Gasteiger partial charge in [-0.2, -0.15) is 0 Å². The number of nitrogens with one attached hydrogen (secondary N) is 1. The van der Waals surface area contributed by atoms with Gasteiger partial charge in [0, 0.05) is 6.61 Å². The summed E-state index contributed by atoms with van der Waals surface area (Å²) in [6, 6.07) is 0. The normalized spacial score (nSPS) is 29.4. The molecule has 0 aromatic heterocycles. The van der Waals surface area contributed by atoms with E-state index < -0.39 is 0 Å². The Morgan fingerprint density at radius 3 is 2.71 bits per heavy atom. The van der Waals surface area contributed by atoms with Crippen LogP contribution in [0.2, 0.25) is 0 Å². The van der Waals surface area contributed by atoms with Crippen LogP contribution in [0.3, 0.4) is 0 Å². The van der Waals surface area contributed by atoms with Crippen LogP contribution in [0, 0.1) is 17.8 Å². The average Bonchev–Trinajstić information content (AvgIpc) is 2.65. The smallest absolute Gasteiger partial charge is 0.0462 e. The lowest BCUT2D eigenvalue weighted by Crippen LogP contribution is -2.29. The van der Waals surface area contributed by atoms with Crippen molar-refractivity contribution in [3.63, 3.8) is 0 Å². The van der Waals surface area contributed by atoms with Crippen LogP contribution < -0.4 is 5.32 Å². The van der Waals surface area contributed by atoms with Crippen LogP contribution in [0.1, 0.15) is 39.5 Å². The van der Waals surface area contributed by atoms with Crippen molar-refractivity contribution in [2.75, 3.05) is 19.7 Å². The Hall–Kier alpha value is -0.0800. The number of rotatable bonds is 6. The van der Waals surface area contributed by atoms with Crippen molar-refractivity contribution in [3.8, 4) is 0 Å². The van der Waals surface area contributed by atoms with E-state index >= 15 is 0 Å². The topological polar surface area (TPSA) is 32.3 Å². The first-order valence-electron chi connectivity index (χ1n) is 6.09. The van der Waals surface area contributed by atoms with E-state index in [2.05, 4.69) is 19.2 Å². The summed E-state index contributed by atoms with van der Waals surface area (Å²) in [5.74, 6) is 2.08. The molecule has 3 unspecified atom stereocenters. The van der Waals surface area contributed by atoms with E-state index in [-0.39, 0.29) is 0 Å². The molecule has 1 saturated carbocycles. The highest BCUT2D eigenvalue weighted by Crippen LogP contribution is 2.30. The van der Waals surface area contributed by atoms with Gasteiger partial charge in [-0.15, -0.1) is 0 Å². The molecule has 1 aliphatic carbocycles. The summed E-state index contributed by atoms with van der Waals surface area (Å²) in [5, 5.41) is 12.7. The van der Waals surface area contributed by atoms with Crippen molar-refractivity contribution in [1.29, 1.82) is 0 Å². The second-order valence-corrected chi connectivity index (χ2v) is 4.81. The SMILES string of the molecule is CCC(C)CNCC1CCCC1CO. The standard InChI is InChI=1S/C12H25NO/c1-3-10(2)7-13-8-11-5-4-6-12(11)9-14/h10-14H,3-9H2,1-2H3. The van der Waals surface area contributed by atoms with Crippen molar-refractivity contribution in [2.45, 2.75) is 39.5 Å². The molecule has 0 radical (unpaired) electrons. The zero-order chi connectivity index (χ0) is 10.4. The van der Waals surface area contributed by atoms with Gasteiger partial charge in [0.1, 0.15) is 0 Å². The summed E-state index contributed by atoms with van der Waals surface area (Å²) in [7, 11) is 0. The van der Waals surface area contributed by atoms with E-state index in [0.29, 0.717) is 12.5 Å². The molecule has 1 aliphatic rings. The highest BCUT2D eigenvalue weighted by Gasteiger charge is 2.25. The first-order valence-corrected chi connectivity index (χ1v) is 6.09. The van der Waals surface area contributed by atoms with Crippen LogP contribution in [0.4, 0.5) is 0 Å². The molecule has 0 aromatic rings. The van der Waals surface area contributed by atoms with Crippen LogP contribution in [0.15, 0.2) is 0 Å². The molecule has 0 bridgehead atoms. The maximum atomic E-state index is 9.16. The van der Waals surface area contributed by atoms with Crippen molar-refractivity contribution in [2.24, 2.45) is 17.8 Å². The molecular weight excluding hydrogens is 174 g/mol. The monoisotopic (exact) mass is 199 g/mol. The molecule has 0 aromatic carbocycles. The van der Waals surface area contributed by atoms with Gasteiger partial charge < -0.3 is 10.4 Å². The molecule has 2 heteroatoms. The molecule has 2 nitrogen and oxygen atoms in total. The first kappa shape index (κ1) is 12.0. The second-order valence-electron chi connectivity index (χ2n) is 4.81. The van der Waals surface area contributed by atoms with E-state index in [1.165, 1.54) is 25.7 Å². The van der Waals surface area contributed by atoms with Crippen LogP contribution in [-0.4, -0.2) is 24.8 Å². The molecule has 0 heterocycles. The molecular formula is C12H25NO. The molecule has 0 aliphatic heterocycles. The molecule has 84 valence electrons. The lowest BCUT2D eigenvalue weighted by molar-refractivity contribution is 0.191. The van der Waals surface area contributed by atoms with Crippen molar-refractivity contribution >= 4 is 0 Å². The van der Waals surface area contributed by atoms with Crippen molar-refractivity contribution in [3.05, 3.63) is 0 Å². The van der Waals surface area contributed by atoms with Crippen molar-refractivity contribution in [1.82, 2.24) is 5.32 Å². The number of aliphatic hydroxyl groups is 1. The van der Waals surface area contributed by atoms with E-state index in [4.69, 9.17) is 5.11 Å². The van der Waals surface area contributed by atoms with Gasteiger partial charge in [0.15, 0.2) is 0 Å². The minimum Gasteiger partial charge on any atom is -0.396 e. The third-order valence-electron chi connectivity index (χ3n) is 3.65. The fourth-order valence-electron chi connectivity index (χ4n) is 2.28. The third-order valence-corrected chi connectivity index (χ3v) is 3.65. The van der Waals surface area contributed by atoms with Gasteiger partial charge in [0.2, 0.25) is 0 Å². The molecule has 2 N–H and O–H groups in total. The molecule has 0 amide bonds. The Kier molecular flexibility index (Phi) is 5.49. The van der Waals surface area contributed by atoms with E-state index in [0.717, 1.165) is 24.9 Å². The van der Waals surface area contributed by atoms with Gasteiger partial charge in [0.05, 0.1) is 0 Å². The lowest BCUT2D eigenvalue weighted by Gasteiger charge is -2.19. The first-order chi connectivity index (χ1) is 6.77. The third kappa shape index (κ3) is 3.58. The summed E-state index contributed by atoms with van der Waals surface area (Å²) in [6.45, 7) is 7.14. The maximum absolute atomic E-state index is 9.16. The Bertz CT molecular complexity index is 149. The van der Waals surface area contributed by atoms with Gasteiger partial charge in [-0.1, -0.05) is 26.7 Å². The largest absolute Gasteiger partial charge is 0.396 e. The molecule has 14 heavy (non-hydrogen) atoms. The van der Waals surface area contributed by atoms with Gasteiger partial charge in [0.25, 0.3) is 0 Å². The average molecular weight is 199 g/mol. The summed E-state index contributed by atoms with van der Waals surface area (Å²) in [6.07, 6.45) is 5.09. The fraction of sp³-hybridized carbons (Fsp3) is 1.00. The van der Waals surface area contributed by atoms with Crippen molar-refractivity contribution < 1.29 is 5.11 Å². The molecule has 0 saturated heterocycles. The molecule has 1 fully saturated rings. The van der Waals surface area contributed by atoms with E-state index in [9.17, 15) is 0 Å². The highest BCUT2D eigenvalue weighted by molar-refractivity contribution is 4.78. The zero-order valence-electron chi connectivity index (χ0n) is 9.63. The summed E-state index contributed by atoms with van der Waals surface area (Å²) in [5.41, 5.74) is 0. The fourth-order valence-corrected chi connectivity index (χ4v) is 2.28. The number of hydrogen-bond acceptors (Lipinski definition) is 2. The minimum absolute atomic E-state index is 0.385. The lowest BCUT2D eigenvalue weighted by atomic mass is 9.97. The predicted octanol–water partition coefficient (Wildman–Crippen LogP) is 2.03. The predicted molar refractivity (Wildman–Crippen MR) is 60.2 cm³/mol. The zero-order valence-corrected chi connectivity index (χ0v) is 9.63. The second kappa shape index (κ2) is 6.41. The Morgan fingerprint density at radius 1 is 1.36 bits per heavy atom. The Balaban J connectivity index is 2.11. The highest BCUT2D eigenvalue weighted by atomic mass is 16.3. The summed E-state index contributed by atoms with van der Waals surface area (Å²) in [4.78, 5) is 0. The number of aliphatic hydroxyl groups excluding tert-OH is 1. The maximum Gasteiger partial charge on any atom is 0.0462 e.